The number of nitrogens with one attached hydrogen (secondary N) is 1. The topological polar surface area (TPSA) is 320 Å². The highest BCUT2D eigenvalue weighted by atomic mass is 32.2. The van der Waals surface area contributed by atoms with Gasteiger partial charge in [-0.15, -0.1) is 0 Å². The Bertz CT molecular complexity index is 3510. The molecule has 2 aliphatic heterocycles. The molecule has 0 saturated carbocycles. The smallest absolute Gasteiger partial charge is 0.303 e. The van der Waals surface area contributed by atoms with Crippen LogP contribution in [0.25, 0.3) is 21.5 Å². The summed E-state index contributed by atoms with van der Waals surface area (Å²) < 4.78 is 160. The van der Waals surface area contributed by atoms with Crippen molar-refractivity contribution in [3.8, 4) is 0 Å². The molecule has 20 nitrogen and oxygen atoms in total. The van der Waals surface area contributed by atoms with Crippen molar-refractivity contribution in [1.82, 2.24) is 5.32 Å². The largest absolute Gasteiger partial charge is 0.748 e. The molecule has 6 rings (SSSR count). The molecule has 1 unspecified atom stereocenters. The van der Waals surface area contributed by atoms with Crippen molar-refractivity contribution in [3.63, 3.8) is 0 Å². The van der Waals surface area contributed by atoms with Gasteiger partial charge in [-0.25, -0.2) is 33.7 Å². The van der Waals surface area contributed by atoms with Crippen molar-refractivity contribution < 1.29 is 80.6 Å². The average molecular weight is 1100 g/mol. The lowest BCUT2D eigenvalue weighted by molar-refractivity contribution is -0.438. The summed E-state index contributed by atoms with van der Waals surface area (Å²) in [5.74, 6) is -2.32. The van der Waals surface area contributed by atoms with Crippen molar-refractivity contribution in [2.45, 2.75) is 84.8 Å². The fourth-order valence-corrected chi connectivity index (χ4v) is 12.3. The molecule has 4 aromatic carbocycles. The third kappa shape index (κ3) is 12.7. The maximum absolute atomic E-state index is 13.6. The lowest BCUT2D eigenvalue weighted by Gasteiger charge is -2.31. The minimum absolute atomic E-state index is 0.0378. The zero-order valence-corrected chi connectivity index (χ0v) is 44.4. The van der Waals surface area contributed by atoms with Gasteiger partial charge in [-0.1, -0.05) is 36.4 Å². The number of carbonyl (C=O) groups excluding carboxylic acids is 1. The Morgan fingerprint density at radius 1 is 0.716 bits per heavy atom. The monoisotopic (exact) mass is 1100 g/mol. The van der Waals surface area contributed by atoms with E-state index in [0.29, 0.717) is 71.2 Å². The Morgan fingerprint density at radius 3 is 1.96 bits per heavy atom. The number of benzene rings is 4. The van der Waals surface area contributed by atoms with E-state index in [4.69, 9.17) is 9.47 Å². The summed E-state index contributed by atoms with van der Waals surface area (Å²) in [6.45, 7) is 6.45. The molecule has 0 radical (unpaired) electrons. The van der Waals surface area contributed by atoms with Gasteiger partial charge in [0, 0.05) is 91.4 Å². The maximum atomic E-state index is 13.6. The number of carboxylic acids is 1. The van der Waals surface area contributed by atoms with E-state index in [-0.39, 0.29) is 67.3 Å². The van der Waals surface area contributed by atoms with Crippen LogP contribution in [0, 0.1) is 0 Å². The van der Waals surface area contributed by atoms with E-state index in [1.54, 1.807) is 67.7 Å². The van der Waals surface area contributed by atoms with Gasteiger partial charge in [0.15, 0.2) is 5.71 Å². The zero-order chi connectivity index (χ0) is 54.6. The van der Waals surface area contributed by atoms with Gasteiger partial charge < -0.3 is 43.0 Å². The number of allylic oxidation sites excluding steroid dienone is 8. The summed E-state index contributed by atoms with van der Waals surface area (Å²) in [6, 6.07) is 10.2. The predicted octanol–water partition coefficient (Wildman–Crippen LogP) is 5.40. The van der Waals surface area contributed by atoms with E-state index in [2.05, 4.69) is 5.32 Å². The van der Waals surface area contributed by atoms with Crippen molar-refractivity contribution in [2.24, 2.45) is 0 Å². The van der Waals surface area contributed by atoms with Gasteiger partial charge >= 0.3 is 5.97 Å². The van der Waals surface area contributed by atoms with Crippen molar-refractivity contribution in [2.75, 3.05) is 57.7 Å². The molecular weight excluding hydrogens is 1040 g/mol. The molecule has 400 valence electrons. The second kappa shape index (κ2) is 22.7. The van der Waals surface area contributed by atoms with Crippen LogP contribution in [0.4, 0.5) is 11.4 Å². The molecule has 4 aromatic rings. The Labute approximate surface area is 430 Å². The molecule has 2 heterocycles. The standard InChI is InChI=1S/C50H59N3O17S4/c1-49(2)43(52(24-13-9-12-17-45(54)55)40-21-19-36-38(46(40)49)30-34(73(63,64)65)32-42(36)74(66,67)68)15-10-7-6-8-11-16-44-50(3,22-14-28-71(57,58)59)47-37-29-33(72(60,61)62)31-39(48(56)51-23-26-69-4)35(37)18-20-41(47)53(44)25-27-70-5/h6-8,10-11,15-16,18-21,29-32H,9,12-14,17,22-28H2,1-5H3,(H5-,51,54,55,56,57,58,59,60,61,62,63,64,65,66,67,68)/p-3. The summed E-state index contributed by atoms with van der Waals surface area (Å²) in [5, 5.41) is 12.4. The Hall–Kier alpha value is -5.67. The SMILES string of the molecule is COCCNC(=O)c1cc(S(=O)(=O)[O-])cc2c3c(ccc12)N(CCOC)C(=CC=CC=CC=CC1=[N+](CCCCCC(=O)O)c2ccc4c(S(=O)(=O)[O-])cc(S(=O)(=O)[O-])cc4c2C1(C)C)C3(C)CCCS(=O)(=O)[O-]. The molecule has 74 heavy (non-hydrogen) atoms. The van der Waals surface area contributed by atoms with Gasteiger partial charge in [-0.05, 0) is 111 Å². The summed E-state index contributed by atoms with van der Waals surface area (Å²) in [7, 11) is -17.3. The van der Waals surface area contributed by atoms with Crippen LogP contribution in [0.15, 0.2) is 111 Å². The number of rotatable bonds is 24. The average Bonchev–Trinajstić information content (AvgIpc) is 3.67. The third-order valence-electron chi connectivity index (χ3n) is 13.2. The maximum Gasteiger partial charge on any atom is 0.303 e. The molecule has 1 amide bonds. The quantitative estimate of drug-likeness (QED) is 0.0384. The number of carbonyl (C=O) groups is 2. The molecule has 0 spiro atoms. The normalized spacial score (nSPS) is 17.7. The first-order valence-electron chi connectivity index (χ1n) is 23.2. The van der Waals surface area contributed by atoms with E-state index in [9.17, 15) is 66.6 Å². The van der Waals surface area contributed by atoms with Crippen LogP contribution in [0.1, 0.15) is 80.8 Å². The number of nitrogens with zero attached hydrogens (tertiary/aromatic N) is 2. The van der Waals surface area contributed by atoms with Gasteiger partial charge in [0.1, 0.15) is 36.9 Å². The fraction of sp³-hybridized carbons (Fsp3) is 0.380. The zero-order valence-electron chi connectivity index (χ0n) is 41.2. The number of unbranched alkanes of at least 4 members (excludes halogenated alkanes) is 2. The molecular formula is C50H56N3O17S4-3. The molecule has 2 aliphatic rings. The van der Waals surface area contributed by atoms with E-state index in [1.807, 2.05) is 23.3 Å². The first-order chi connectivity index (χ1) is 34.6. The first kappa shape index (κ1) is 57.6. The fourth-order valence-electron chi connectivity index (χ4n) is 9.94. The molecule has 0 aliphatic carbocycles. The van der Waals surface area contributed by atoms with Crippen molar-refractivity contribution in [3.05, 3.63) is 113 Å². The third-order valence-corrected chi connectivity index (χ3v) is 16.5. The van der Waals surface area contributed by atoms with Gasteiger partial charge in [0.25, 0.3) is 5.91 Å². The summed E-state index contributed by atoms with van der Waals surface area (Å²) >= 11 is 0. The van der Waals surface area contributed by atoms with E-state index in [0.717, 1.165) is 12.1 Å². The van der Waals surface area contributed by atoms with Gasteiger partial charge in [0.2, 0.25) is 5.69 Å². The second-order valence-electron chi connectivity index (χ2n) is 18.5. The van der Waals surface area contributed by atoms with Gasteiger partial charge in [0.05, 0.1) is 43.4 Å². The number of anilines is 1. The van der Waals surface area contributed by atoms with Crippen LogP contribution >= 0.6 is 0 Å². The first-order valence-corrected chi connectivity index (χ1v) is 29.0. The summed E-state index contributed by atoms with van der Waals surface area (Å²) in [6.07, 6.45) is 13.5. The number of carboxylic acid groups (broad SMARTS) is 1. The molecule has 0 saturated heterocycles. The highest BCUT2D eigenvalue weighted by Crippen LogP contribution is 2.54. The van der Waals surface area contributed by atoms with Crippen LogP contribution in [0.2, 0.25) is 0 Å². The lowest BCUT2D eigenvalue weighted by Crippen LogP contribution is -2.31. The van der Waals surface area contributed by atoms with Crippen LogP contribution in [-0.2, 0) is 65.6 Å². The second-order valence-corrected chi connectivity index (χ2v) is 24.1. The highest BCUT2D eigenvalue weighted by Gasteiger charge is 2.47. The van der Waals surface area contributed by atoms with Crippen LogP contribution in [0.3, 0.4) is 0 Å². The predicted molar refractivity (Wildman–Crippen MR) is 271 cm³/mol. The van der Waals surface area contributed by atoms with E-state index in [1.165, 1.54) is 26.4 Å². The minimum atomic E-state index is -5.26. The molecule has 0 aromatic heterocycles. The number of methoxy groups -OCH3 is 2. The minimum Gasteiger partial charge on any atom is -0.748 e. The molecule has 0 fully saturated rings. The van der Waals surface area contributed by atoms with Gasteiger partial charge in [-0.2, -0.15) is 4.58 Å². The number of hydrogen-bond donors (Lipinski definition) is 2. The van der Waals surface area contributed by atoms with Gasteiger partial charge in [-0.3, -0.25) is 9.59 Å². The molecule has 1 atom stereocenters. The molecule has 24 heteroatoms. The Balaban J connectivity index is 1.43. The Kier molecular flexibility index (Phi) is 17.6. The summed E-state index contributed by atoms with van der Waals surface area (Å²) in [4.78, 5) is 24.3. The summed E-state index contributed by atoms with van der Waals surface area (Å²) in [5.41, 5.74) is 1.06. The van der Waals surface area contributed by atoms with Crippen LogP contribution < -0.4 is 10.2 Å². The van der Waals surface area contributed by atoms with Crippen LogP contribution in [0.5, 0.6) is 0 Å². The van der Waals surface area contributed by atoms with E-state index >= 15 is 0 Å². The highest BCUT2D eigenvalue weighted by molar-refractivity contribution is 7.87. The number of amides is 1. The van der Waals surface area contributed by atoms with Crippen molar-refractivity contribution in [1.29, 1.82) is 0 Å². The molecule has 2 N–H and O–H groups in total. The number of fused-ring (bicyclic) bond motifs is 6. The number of aliphatic carboxylic acids is 1. The number of hydrogen-bond acceptors (Lipinski definition) is 17. The van der Waals surface area contributed by atoms with Crippen LogP contribution in [-0.4, -0.2) is 132 Å². The molecule has 0 bridgehead atoms. The lowest BCUT2D eigenvalue weighted by atomic mass is 9.75. The number of ether oxygens (including phenoxy) is 2. The Morgan fingerprint density at radius 2 is 1.34 bits per heavy atom. The van der Waals surface area contributed by atoms with Crippen molar-refractivity contribution >= 4 is 91.0 Å². The van der Waals surface area contributed by atoms with E-state index < -0.39 is 83.6 Å².